The summed E-state index contributed by atoms with van der Waals surface area (Å²) in [6, 6.07) is 15.9. The lowest BCUT2D eigenvalue weighted by molar-refractivity contribution is -0.138. The number of benzene rings is 2. The van der Waals surface area contributed by atoms with Crippen molar-refractivity contribution in [2.24, 2.45) is 11.3 Å². The lowest BCUT2D eigenvalue weighted by Gasteiger charge is -2.41. The van der Waals surface area contributed by atoms with Gasteiger partial charge < -0.3 is 20.5 Å². The Bertz CT molecular complexity index is 1090. The van der Waals surface area contributed by atoms with Gasteiger partial charge in [0.05, 0.1) is 17.4 Å². The summed E-state index contributed by atoms with van der Waals surface area (Å²) in [4.78, 5) is 37.2. The van der Waals surface area contributed by atoms with Crippen molar-refractivity contribution in [1.29, 1.82) is 0 Å². The van der Waals surface area contributed by atoms with Crippen molar-refractivity contribution in [3.63, 3.8) is 0 Å². The Kier molecular flexibility index (Phi) is 6.62. The highest BCUT2D eigenvalue weighted by molar-refractivity contribution is 5.85. The molecule has 2 aliphatic carbocycles. The highest BCUT2D eigenvalue weighted by Crippen LogP contribution is 2.44. The van der Waals surface area contributed by atoms with Crippen molar-refractivity contribution in [1.82, 2.24) is 10.6 Å². The zero-order valence-corrected chi connectivity index (χ0v) is 20.8. The van der Waals surface area contributed by atoms with Gasteiger partial charge in [0.2, 0.25) is 5.91 Å². The van der Waals surface area contributed by atoms with Crippen molar-refractivity contribution < 1.29 is 24.2 Å². The number of nitrogens with one attached hydrogen (secondary N) is 2. The van der Waals surface area contributed by atoms with Crippen LogP contribution in [0.2, 0.25) is 0 Å². The van der Waals surface area contributed by atoms with Gasteiger partial charge in [-0.3, -0.25) is 9.59 Å². The van der Waals surface area contributed by atoms with E-state index in [0.29, 0.717) is 0 Å². The van der Waals surface area contributed by atoms with Crippen molar-refractivity contribution in [2.45, 2.75) is 64.5 Å². The first-order valence-corrected chi connectivity index (χ1v) is 12.2. The molecule has 4 rings (SSSR count). The van der Waals surface area contributed by atoms with Crippen LogP contribution in [-0.4, -0.2) is 41.3 Å². The van der Waals surface area contributed by atoms with Gasteiger partial charge in [-0.1, -0.05) is 48.5 Å². The molecule has 0 heterocycles. The topological polar surface area (TPSA) is 105 Å². The molecule has 2 aliphatic rings. The van der Waals surface area contributed by atoms with Crippen molar-refractivity contribution in [3.8, 4) is 11.1 Å². The van der Waals surface area contributed by atoms with E-state index < -0.39 is 29.1 Å². The molecule has 0 aromatic heterocycles. The smallest absolute Gasteiger partial charge is 0.407 e. The molecule has 2 aromatic carbocycles. The number of carbonyl (C=O) groups excluding carboxylic acids is 2. The van der Waals surface area contributed by atoms with Crippen LogP contribution in [0.3, 0.4) is 0 Å². The zero-order chi connectivity index (χ0) is 25.4. The van der Waals surface area contributed by atoms with Gasteiger partial charge in [-0.05, 0) is 68.7 Å². The lowest BCUT2D eigenvalue weighted by atomic mass is 9.73. The summed E-state index contributed by atoms with van der Waals surface area (Å²) in [5.74, 6) is -1.08. The van der Waals surface area contributed by atoms with Crippen LogP contribution in [0.15, 0.2) is 48.5 Å². The highest BCUT2D eigenvalue weighted by Gasteiger charge is 2.46. The predicted octanol–water partition coefficient (Wildman–Crippen LogP) is 4.70. The fourth-order valence-electron chi connectivity index (χ4n) is 4.70. The second-order valence-electron chi connectivity index (χ2n) is 10.7. The van der Waals surface area contributed by atoms with Gasteiger partial charge in [0.15, 0.2) is 0 Å². The standard InChI is InChI=1S/C28H34N2O5/c1-27(2,25(33)29-23(15-24(31)32)17-13-14-17)28(3,4)30-26(34)35-16-22-20-11-7-5-9-18(20)19-10-6-8-12-21(19)22/h5-12,17,22-23H,13-16H2,1-4H3,(H,29,33)(H,30,34)(H,31,32). The Labute approximate surface area is 206 Å². The molecule has 1 saturated carbocycles. The van der Waals surface area contributed by atoms with E-state index in [9.17, 15) is 19.5 Å². The number of alkyl carbamates (subject to hydrolysis) is 1. The van der Waals surface area contributed by atoms with Crippen LogP contribution in [0, 0.1) is 11.3 Å². The van der Waals surface area contributed by atoms with Crippen LogP contribution >= 0.6 is 0 Å². The maximum atomic E-state index is 13.2. The van der Waals surface area contributed by atoms with Crippen molar-refractivity contribution in [2.75, 3.05) is 6.61 Å². The van der Waals surface area contributed by atoms with Crippen molar-refractivity contribution in [3.05, 3.63) is 59.7 Å². The van der Waals surface area contributed by atoms with Gasteiger partial charge in [0.1, 0.15) is 6.61 Å². The maximum absolute atomic E-state index is 13.2. The molecule has 35 heavy (non-hydrogen) atoms. The van der Waals surface area contributed by atoms with Gasteiger partial charge >= 0.3 is 12.1 Å². The molecule has 1 atom stereocenters. The normalized spacial score (nSPS) is 16.1. The van der Waals surface area contributed by atoms with Crippen LogP contribution in [0.5, 0.6) is 0 Å². The number of ether oxygens (including phenoxy) is 1. The average molecular weight is 479 g/mol. The minimum atomic E-state index is -1.01. The molecule has 2 amide bonds. The summed E-state index contributed by atoms with van der Waals surface area (Å²) >= 11 is 0. The molecular formula is C28H34N2O5. The van der Waals surface area contributed by atoms with Crippen LogP contribution < -0.4 is 10.6 Å². The number of fused-ring (bicyclic) bond motifs is 3. The van der Waals surface area contributed by atoms with E-state index in [1.54, 1.807) is 27.7 Å². The van der Waals surface area contributed by atoms with Crippen LogP contribution in [0.25, 0.3) is 11.1 Å². The molecule has 2 aromatic rings. The minimum Gasteiger partial charge on any atom is -0.481 e. The molecule has 7 nitrogen and oxygen atoms in total. The largest absolute Gasteiger partial charge is 0.481 e. The SMILES string of the molecule is CC(C)(NC(=O)OCC1c2ccccc2-c2ccccc21)C(C)(C)C(=O)NC(CC(=O)O)C1CC1. The van der Waals surface area contributed by atoms with Gasteiger partial charge in [0, 0.05) is 12.0 Å². The van der Waals surface area contributed by atoms with Crippen LogP contribution in [0.1, 0.15) is 64.0 Å². The number of carbonyl (C=O) groups is 3. The number of carboxylic acids is 1. The summed E-state index contributed by atoms with van der Waals surface area (Å²) in [7, 11) is 0. The van der Waals surface area contributed by atoms with Gasteiger partial charge in [-0.15, -0.1) is 0 Å². The third-order valence-corrected chi connectivity index (χ3v) is 7.79. The number of carboxylic acid groups (broad SMARTS) is 1. The number of aliphatic carboxylic acids is 1. The van der Waals surface area contributed by atoms with E-state index in [-0.39, 0.29) is 30.8 Å². The molecule has 0 radical (unpaired) electrons. The summed E-state index contributed by atoms with van der Waals surface area (Å²) in [6.45, 7) is 7.23. The number of rotatable bonds is 9. The zero-order valence-electron chi connectivity index (χ0n) is 20.8. The van der Waals surface area contributed by atoms with Crippen LogP contribution in [-0.2, 0) is 14.3 Å². The van der Waals surface area contributed by atoms with E-state index >= 15 is 0 Å². The van der Waals surface area contributed by atoms with Crippen LogP contribution in [0.4, 0.5) is 4.79 Å². The lowest BCUT2D eigenvalue weighted by Crippen LogP contribution is -2.60. The Hall–Kier alpha value is -3.35. The van der Waals surface area contributed by atoms with E-state index in [2.05, 4.69) is 34.9 Å². The molecule has 1 unspecified atom stereocenters. The third-order valence-electron chi connectivity index (χ3n) is 7.79. The molecule has 0 aliphatic heterocycles. The average Bonchev–Trinajstić information content (AvgIpc) is 3.59. The fraction of sp³-hybridized carbons (Fsp3) is 0.464. The quantitative estimate of drug-likeness (QED) is 0.485. The monoisotopic (exact) mass is 478 g/mol. The Morgan fingerprint density at radius 1 is 0.971 bits per heavy atom. The molecule has 0 saturated heterocycles. The van der Waals surface area contributed by atoms with Gasteiger partial charge in [0.25, 0.3) is 0 Å². The van der Waals surface area contributed by atoms with E-state index in [1.165, 1.54) is 0 Å². The molecule has 0 bridgehead atoms. The van der Waals surface area contributed by atoms with Gasteiger partial charge in [-0.2, -0.15) is 0 Å². The molecular weight excluding hydrogens is 444 g/mol. The van der Waals surface area contributed by atoms with E-state index in [4.69, 9.17) is 4.74 Å². The first-order chi connectivity index (χ1) is 16.5. The third kappa shape index (κ3) is 5.04. The van der Waals surface area contributed by atoms with E-state index in [0.717, 1.165) is 35.1 Å². The molecule has 186 valence electrons. The molecule has 1 fully saturated rings. The fourth-order valence-corrected chi connectivity index (χ4v) is 4.70. The molecule has 0 spiro atoms. The summed E-state index contributed by atoms with van der Waals surface area (Å²) in [6.07, 6.45) is 1.13. The summed E-state index contributed by atoms with van der Waals surface area (Å²) < 4.78 is 5.67. The number of hydrogen-bond donors (Lipinski definition) is 3. The van der Waals surface area contributed by atoms with Gasteiger partial charge in [-0.25, -0.2) is 4.79 Å². The molecule has 3 N–H and O–H groups in total. The summed E-state index contributed by atoms with van der Waals surface area (Å²) in [5.41, 5.74) is 2.61. The Morgan fingerprint density at radius 2 is 1.51 bits per heavy atom. The first kappa shape index (κ1) is 24.8. The Morgan fingerprint density at radius 3 is 2.03 bits per heavy atom. The second kappa shape index (κ2) is 9.36. The highest BCUT2D eigenvalue weighted by atomic mass is 16.5. The minimum absolute atomic E-state index is 0.0529. The van der Waals surface area contributed by atoms with E-state index in [1.807, 2.05) is 24.3 Å². The number of hydrogen-bond acceptors (Lipinski definition) is 4. The first-order valence-electron chi connectivity index (χ1n) is 12.2. The second-order valence-corrected chi connectivity index (χ2v) is 10.7. The molecule has 7 heteroatoms. The number of amides is 2. The predicted molar refractivity (Wildman–Crippen MR) is 133 cm³/mol. The van der Waals surface area contributed by atoms with Crippen molar-refractivity contribution >= 4 is 18.0 Å². The maximum Gasteiger partial charge on any atom is 0.407 e. The summed E-state index contributed by atoms with van der Waals surface area (Å²) in [5, 5.41) is 15.0. The Balaban J connectivity index is 1.40.